The van der Waals surface area contributed by atoms with Gasteiger partial charge in [0.05, 0.1) is 31.7 Å². The smallest absolute Gasteiger partial charge is 0.345 e. The minimum Gasteiger partial charge on any atom is -0.497 e. The second-order valence-corrected chi connectivity index (χ2v) is 6.89. The van der Waals surface area contributed by atoms with Crippen LogP contribution in [-0.2, 0) is 0 Å². The van der Waals surface area contributed by atoms with E-state index in [1.807, 2.05) is 30.3 Å². The second-order valence-electron chi connectivity index (χ2n) is 6.03. The van der Waals surface area contributed by atoms with Crippen LogP contribution in [0.3, 0.4) is 0 Å². The van der Waals surface area contributed by atoms with Crippen LogP contribution in [0.5, 0.6) is 11.5 Å². The van der Waals surface area contributed by atoms with Gasteiger partial charge in [0.15, 0.2) is 0 Å². The van der Waals surface area contributed by atoms with Crippen LogP contribution in [0.4, 0.5) is 5.13 Å². The minimum absolute atomic E-state index is 0.384. The van der Waals surface area contributed by atoms with Crippen molar-refractivity contribution in [1.82, 2.24) is 4.98 Å². The number of hydrazone groups is 1. The van der Waals surface area contributed by atoms with Gasteiger partial charge < -0.3 is 13.9 Å². The topological polar surface area (TPSA) is 85.9 Å². The van der Waals surface area contributed by atoms with Crippen molar-refractivity contribution in [2.45, 2.75) is 0 Å². The first-order valence-electron chi connectivity index (χ1n) is 8.67. The highest BCUT2D eigenvalue weighted by Crippen LogP contribution is 2.27. The highest BCUT2D eigenvalue weighted by Gasteiger charge is 2.12. The maximum Gasteiger partial charge on any atom is 0.345 e. The zero-order chi connectivity index (χ0) is 20.2. The lowest BCUT2D eigenvalue weighted by Crippen LogP contribution is -2.03. The third-order valence-electron chi connectivity index (χ3n) is 4.21. The molecule has 0 bridgehead atoms. The monoisotopic (exact) mass is 407 g/mol. The molecule has 0 saturated heterocycles. The van der Waals surface area contributed by atoms with Gasteiger partial charge in [-0.2, -0.15) is 5.10 Å². The second kappa shape index (κ2) is 8.15. The molecule has 8 heteroatoms. The lowest BCUT2D eigenvalue weighted by Gasteiger charge is -2.03. The fraction of sp³-hybridized carbons (Fsp3) is 0.0952. The summed E-state index contributed by atoms with van der Waals surface area (Å²) >= 11 is 1.35. The van der Waals surface area contributed by atoms with Crippen molar-refractivity contribution in [2.24, 2.45) is 5.10 Å². The van der Waals surface area contributed by atoms with Crippen molar-refractivity contribution in [3.05, 3.63) is 69.9 Å². The molecule has 0 fully saturated rings. The molecule has 0 unspecified atom stereocenters. The lowest BCUT2D eigenvalue weighted by atomic mass is 10.1. The number of nitrogens with zero attached hydrogens (tertiary/aromatic N) is 2. The van der Waals surface area contributed by atoms with E-state index >= 15 is 0 Å². The molecule has 0 atom stereocenters. The van der Waals surface area contributed by atoms with Crippen LogP contribution in [0.2, 0.25) is 0 Å². The van der Waals surface area contributed by atoms with Gasteiger partial charge in [0, 0.05) is 10.8 Å². The Morgan fingerprint density at radius 2 is 1.83 bits per heavy atom. The normalized spacial score (nSPS) is 11.1. The summed E-state index contributed by atoms with van der Waals surface area (Å²) in [5.41, 5.74) is 4.76. The van der Waals surface area contributed by atoms with Crippen molar-refractivity contribution in [3.8, 4) is 22.8 Å². The fourth-order valence-electron chi connectivity index (χ4n) is 2.71. The summed E-state index contributed by atoms with van der Waals surface area (Å²) in [5.74, 6) is 1.47. The average molecular weight is 407 g/mol. The number of methoxy groups -OCH3 is 2. The van der Waals surface area contributed by atoms with E-state index < -0.39 is 5.63 Å². The van der Waals surface area contributed by atoms with Crippen LogP contribution in [0, 0.1) is 0 Å². The molecule has 4 aromatic rings. The van der Waals surface area contributed by atoms with E-state index in [1.54, 1.807) is 44.0 Å². The number of hydrogen-bond acceptors (Lipinski definition) is 8. The summed E-state index contributed by atoms with van der Waals surface area (Å²) in [6, 6.07) is 14.5. The molecular weight excluding hydrogens is 390 g/mol. The Hall–Kier alpha value is -3.65. The highest BCUT2D eigenvalue weighted by molar-refractivity contribution is 7.14. The standard InChI is InChI=1S/C21H17N3O4S/c1-26-15-5-3-13(4-6-15)11-22-24-21-23-18(12-29-21)17-10-14-9-16(27-2)7-8-19(14)28-20(17)25/h3-12H,1-2H3,(H,23,24)/b22-11+. The molecule has 0 aliphatic heterocycles. The summed E-state index contributed by atoms with van der Waals surface area (Å²) < 4.78 is 15.8. The number of fused-ring (bicyclic) bond motifs is 1. The van der Waals surface area contributed by atoms with Crippen molar-refractivity contribution in [2.75, 3.05) is 19.6 Å². The molecule has 0 spiro atoms. The predicted octanol–water partition coefficient (Wildman–Crippen LogP) is 4.38. The van der Waals surface area contributed by atoms with Gasteiger partial charge in [-0.25, -0.2) is 9.78 Å². The summed E-state index contributed by atoms with van der Waals surface area (Å²) in [4.78, 5) is 16.8. The van der Waals surface area contributed by atoms with Gasteiger partial charge in [-0.15, -0.1) is 11.3 Å². The van der Waals surface area contributed by atoms with Crippen LogP contribution in [0.1, 0.15) is 5.56 Å². The Balaban J connectivity index is 1.54. The van der Waals surface area contributed by atoms with Gasteiger partial charge in [-0.1, -0.05) is 0 Å². The summed E-state index contributed by atoms with van der Waals surface area (Å²) in [5, 5.41) is 7.29. The fourth-order valence-corrected chi connectivity index (χ4v) is 3.37. The van der Waals surface area contributed by atoms with Gasteiger partial charge in [0.25, 0.3) is 0 Å². The molecule has 0 aliphatic rings. The van der Waals surface area contributed by atoms with Crippen LogP contribution in [-0.4, -0.2) is 25.4 Å². The zero-order valence-electron chi connectivity index (χ0n) is 15.7. The minimum atomic E-state index is -0.443. The van der Waals surface area contributed by atoms with Gasteiger partial charge in [0.1, 0.15) is 17.1 Å². The molecule has 29 heavy (non-hydrogen) atoms. The van der Waals surface area contributed by atoms with E-state index in [9.17, 15) is 4.79 Å². The maximum absolute atomic E-state index is 12.4. The molecule has 2 aromatic heterocycles. The molecule has 7 nitrogen and oxygen atoms in total. The largest absolute Gasteiger partial charge is 0.497 e. The first-order valence-corrected chi connectivity index (χ1v) is 9.55. The Kier molecular flexibility index (Phi) is 5.26. The summed E-state index contributed by atoms with van der Waals surface area (Å²) in [6.07, 6.45) is 1.68. The van der Waals surface area contributed by atoms with Gasteiger partial charge in [0.2, 0.25) is 5.13 Å². The van der Waals surface area contributed by atoms with E-state index in [0.29, 0.717) is 27.7 Å². The molecular formula is C21H17N3O4S. The summed E-state index contributed by atoms with van der Waals surface area (Å²) in [6.45, 7) is 0. The molecule has 146 valence electrons. The zero-order valence-corrected chi connectivity index (χ0v) is 16.5. The van der Waals surface area contributed by atoms with Crippen molar-refractivity contribution in [1.29, 1.82) is 0 Å². The maximum atomic E-state index is 12.4. The number of rotatable bonds is 6. The number of anilines is 1. The van der Waals surface area contributed by atoms with E-state index in [2.05, 4.69) is 15.5 Å². The Morgan fingerprint density at radius 1 is 1.07 bits per heavy atom. The van der Waals surface area contributed by atoms with Gasteiger partial charge in [-0.05, 0) is 54.1 Å². The number of nitrogens with one attached hydrogen (secondary N) is 1. The van der Waals surface area contributed by atoms with Gasteiger partial charge >= 0.3 is 5.63 Å². The Morgan fingerprint density at radius 3 is 2.59 bits per heavy atom. The molecule has 0 saturated carbocycles. The number of ether oxygens (including phenoxy) is 2. The molecule has 2 aromatic carbocycles. The third kappa shape index (κ3) is 4.12. The SMILES string of the molecule is COc1ccc(/C=N/Nc2nc(-c3cc4cc(OC)ccc4oc3=O)cs2)cc1. The highest BCUT2D eigenvalue weighted by atomic mass is 32.1. The molecule has 0 aliphatic carbocycles. The van der Waals surface area contributed by atoms with E-state index in [4.69, 9.17) is 13.9 Å². The molecule has 0 radical (unpaired) electrons. The lowest BCUT2D eigenvalue weighted by molar-refractivity contribution is 0.415. The Labute approximate surface area is 170 Å². The molecule has 0 amide bonds. The van der Waals surface area contributed by atoms with Crippen LogP contribution < -0.4 is 20.5 Å². The van der Waals surface area contributed by atoms with Gasteiger partial charge in [-0.3, -0.25) is 5.43 Å². The average Bonchev–Trinajstić information content (AvgIpc) is 3.22. The van der Waals surface area contributed by atoms with E-state index in [0.717, 1.165) is 16.7 Å². The van der Waals surface area contributed by atoms with Crippen molar-refractivity contribution in [3.63, 3.8) is 0 Å². The first-order chi connectivity index (χ1) is 14.2. The van der Waals surface area contributed by atoms with Crippen LogP contribution in [0.25, 0.3) is 22.2 Å². The predicted molar refractivity (Wildman–Crippen MR) is 114 cm³/mol. The summed E-state index contributed by atoms with van der Waals surface area (Å²) in [7, 11) is 3.21. The van der Waals surface area contributed by atoms with Crippen LogP contribution in [0.15, 0.2) is 68.2 Å². The number of aromatic nitrogens is 1. The molecule has 2 heterocycles. The van der Waals surface area contributed by atoms with Crippen LogP contribution >= 0.6 is 11.3 Å². The molecule has 1 N–H and O–H groups in total. The van der Waals surface area contributed by atoms with E-state index in [1.165, 1.54) is 11.3 Å². The number of thiazole rings is 1. The number of hydrogen-bond donors (Lipinski definition) is 1. The van der Waals surface area contributed by atoms with E-state index in [-0.39, 0.29) is 0 Å². The van der Waals surface area contributed by atoms with Crippen molar-refractivity contribution < 1.29 is 13.9 Å². The third-order valence-corrected chi connectivity index (χ3v) is 4.96. The number of benzene rings is 2. The quantitative estimate of drug-likeness (QED) is 0.290. The van der Waals surface area contributed by atoms with Crippen molar-refractivity contribution >= 4 is 33.7 Å². The first kappa shape index (κ1) is 18.7. The molecule has 4 rings (SSSR count). The Bertz CT molecular complexity index is 1230.